The van der Waals surface area contributed by atoms with Crippen molar-refractivity contribution in [1.82, 2.24) is 0 Å². The zero-order chi connectivity index (χ0) is 18.4. The van der Waals surface area contributed by atoms with Gasteiger partial charge in [0, 0.05) is 5.56 Å². The van der Waals surface area contributed by atoms with E-state index in [9.17, 15) is 4.79 Å². The lowest BCUT2D eigenvalue weighted by Gasteiger charge is -2.11. The van der Waals surface area contributed by atoms with Crippen LogP contribution in [-0.4, -0.2) is 12.9 Å². The normalized spacial score (nSPS) is 10.8. The fraction of sp³-hybridized carbons (Fsp3) is 0.136. The summed E-state index contributed by atoms with van der Waals surface area (Å²) in [5.74, 6) is 1.58. The second kappa shape index (κ2) is 8.50. The van der Waals surface area contributed by atoms with Crippen LogP contribution in [0.1, 0.15) is 26.4 Å². The van der Waals surface area contributed by atoms with Crippen LogP contribution in [0.15, 0.2) is 66.1 Å². The van der Waals surface area contributed by atoms with Crippen molar-refractivity contribution in [2.75, 3.05) is 7.11 Å². The van der Waals surface area contributed by atoms with Crippen molar-refractivity contribution in [2.24, 2.45) is 0 Å². The van der Waals surface area contributed by atoms with Gasteiger partial charge in [-0.25, -0.2) is 0 Å². The minimum atomic E-state index is 0.00766. The van der Waals surface area contributed by atoms with Crippen LogP contribution in [0.4, 0.5) is 0 Å². The zero-order valence-electron chi connectivity index (χ0n) is 14.8. The van der Waals surface area contributed by atoms with Gasteiger partial charge in [0.1, 0.15) is 18.1 Å². The van der Waals surface area contributed by atoms with Crippen LogP contribution in [0.3, 0.4) is 0 Å². The zero-order valence-corrected chi connectivity index (χ0v) is 15.6. The van der Waals surface area contributed by atoms with Gasteiger partial charge >= 0.3 is 0 Å². The minimum absolute atomic E-state index is 0.00766. The van der Waals surface area contributed by atoms with Gasteiger partial charge in [0.15, 0.2) is 5.78 Å². The SMILES string of the molecule is COc1ccc(/C=C/C(=O)c2cccs2)cc1COc1ccc(C)cc1. The molecule has 3 rings (SSSR count). The molecule has 132 valence electrons. The minimum Gasteiger partial charge on any atom is -0.496 e. The molecule has 0 aliphatic rings. The molecule has 1 aromatic heterocycles. The number of hydrogen-bond donors (Lipinski definition) is 0. The Morgan fingerprint density at radius 3 is 2.62 bits per heavy atom. The van der Waals surface area contributed by atoms with Gasteiger partial charge in [-0.05, 0) is 54.3 Å². The maximum absolute atomic E-state index is 12.1. The number of rotatable bonds is 7. The Balaban J connectivity index is 1.73. The molecule has 0 saturated heterocycles. The van der Waals surface area contributed by atoms with Crippen molar-refractivity contribution in [1.29, 1.82) is 0 Å². The molecule has 3 nitrogen and oxygen atoms in total. The largest absolute Gasteiger partial charge is 0.496 e. The first-order valence-electron chi connectivity index (χ1n) is 8.28. The van der Waals surface area contributed by atoms with Crippen LogP contribution in [-0.2, 0) is 6.61 Å². The number of carbonyl (C=O) groups is 1. The highest BCUT2D eigenvalue weighted by Crippen LogP contribution is 2.23. The molecule has 0 fully saturated rings. The predicted molar refractivity (Wildman–Crippen MR) is 106 cm³/mol. The van der Waals surface area contributed by atoms with Gasteiger partial charge < -0.3 is 9.47 Å². The molecule has 0 atom stereocenters. The van der Waals surface area contributed by atoms with Crippen LogP contribution in [0.2, 0.25) is 0 Å². The number of benzene rings is 2. The van der Waals surface area contributed by atoms with E-state index in [-0.39, 0.29) is 5.78 Å². The molecular formula is C22H20O3S. The lowest BCUT2D eigenvalue weighted by Crippen LogP contribution is -1.99. The van der Waals surface area contributed by atoms with Gasteiger partial charge in [0.05, 0.1) is 12.0 Å². The van der Waals surface area contributed by atoms with E-state index in [4.69, 9.17) is 9.47 Å². The van der Waals surface area contributed by atoms with E-state index >= 15 is 0 Å². The Kier molecular flexibility index (Phi) is 5.87. The van der Waals surface area contributed by atoms with Gasteiger partial charge in [-0.1, -0.05) is 35.9 Å². The Morgan fingerprint density at radius 2 is 1.92 bits per heavy atom. The number of thiophene rings is 1. The predicted octanol–water partition coefficient (Wildman–Crippen LogP) is 5.54. The van der Waals surface area contributed by atoms with Crippen LogP contribution < -0.4 is 9.47 Å². The smallest absolute Gasteiger partial charge is 0.195 e. The summed E-state index contributed by atoms with van der Waals surface area (Å²) in [6, 6.07) is 17.4. The summed E-state index contributed by atoms with van der Waals surface area (Å²) in [7, 11) is 1.64. The number of aryl methyl sites for hydroxylation is 1. The van der Waals surface area contributed by atoms with Crippen molar-refractivity contribution in [3.05, 3.63) is 87.6 Å². The highest BCUT2D eigenvalue weighted by atomic mass is 32.1. The first-order chi connectivity index (χ1) is 12.7. The van der Waals surface area contributed by atoms with Crippen molar-refractivity contribution < 1.29 is 14.3 Å². The average molecular weight is 364 g/mol. The molecule has 0 spiro atoms. The molecule has 0 saturated carbocycles. The summed E-state index contributed by atoms with van der Waals surface area (Å²) in [6.07, 6.45) is 3.41. The molecule has 0 N–H and O–H groups in total. The summed E-state index contributed by atoms with van der Waals surface area (Å²) >= 11 is 1.44. The topological polar surface area (TPSA) is 35.5 Å². The molecule has 0 aliphatic carbocycles. The molecule has 0 aliphatic heterocycles. The lowest BCUT2D eigenvalue weighted by atomic mass is 10.1. The quantitative estimate of drug-likeness (QED) is 0.408. The monoisotopic (exact) mass is 364 g/mol. The van der Waals surface area contributed by atoms with Gasteiger partial charge in [0.25, 0.3) is 0 Å². The van der Waals surface area contributed by atoms with E-state index in [1.807, 2.05) is 73.0 Å². The summed E-state index contributed by atoms with van der Waals surface area (Å²) < 4.78 is 11.3. The maximum atomic E-state index is 12.1. The Bertz CT molecular complexity index is 894. The number of carbonyl (C=O) groups excluding carboxylic acids is 1. The van der Waals surface area contributed by atoms with E-state index in [0.29, 0.717) is 6.61 Å². The standard InChI is InChI=1S/C22H20O3S/c1-16-5-9-19(10-6-16)25-15-18-14-17(8-12-21(18)24-2)7-11-20(23)22-4-3-13-26-22/h3-14H,15H2,1-2H3/b11-7+. The third-order valence-corrected chi connectivity index (χ3v) is 4.80. The number of ketones is 1. The van der Waals surface area contributed by atoms with E-state index in [1.165, 1.54) is 16.9 Å². The van der Waals surface area contributed by atoms with Gasteiger partial charge in [-0.15, -0.1) is 11.3 Å². The second-order valence-corrected chi connectivity index (χ2v) is 6.80. The second-order valence-electron chi connectivity index (χ2n) is 5.85. The molecule has 0 bridgehead atoms. The van der Waals surface area contributed by atoms with E-state index in [2.05, 4.69) is 0 Å². The molecule has 1 heterocycles. The van der Waals surface area contributed by atoms with E-state index in [1.54, 1.807) is 13.2 Å². The highest BCUT2D eigenvalue weighted by molar-refractivity contribution is 7.12. The molecule has 3 aromatic rings. The number of hydrogen-bond acceptors (Lipinski definition) is 4. The molecule has 0 amide bonds. The van der Waals surface area contributed by atoms with Crippen molar-refractivity contribution in [3.63, 3.8) is 0 Å². The number of ether oxygens (including phenoxy) is 2. The third-order valence-electron chi connectivity index (χ3n) is 3.91. The Morgan fingerprint density at radius 1 is 1.12 bits per heavy atom. The maximum Gasteiger partial charge on any atom is 0.195 e. The van der Waals surface area contributed by atoms with Gasteiger partial charge in [0.2, 0.25) is 0 Å². The summed E-state index contributed by atoms with van der Waals surface area (Å²) in [6.45, 7) is 2.44. The molecule has 0 radical (unpaired) electrons. The fourth-order valence-corrected chi connectivity index (χ4v) is 3.13. The van der Waals surface area contributed by atoms with Crippen molar-refractivity contribution in [2.45, 2.75) is 13.5 Å². The number of methoxy groups -OCH3 is 1. The van der Waals surface area contributed by atoms with Gasteiger partial charge in [-0.2, -0.15) is 0 Å². The lowest BCUT2D eigenvalue weighted by molar-refractivity contribution is 0.105. The van der Waals surface area contributed by atoms with Crippen molar-refractivity contribution in [3.8, 4) is 11.5 Å². The molecule has 26 heavy (non-hydrogen) atoms. The molecule has 0 unspecified atom stereocenters. The van der Waals surface area contributed by atoms with Crippen LogP contribution in [0, 0.1) is 6.92 Å². The first kappa shape index (κ1) is 18.0. The van der Waals surface area contributed by atoms with Crippen LogP contribution >= 0.6 is 11.3 Å². The summed E-state index contributed by atoms with van der Waals surface area (Å²) in [5.41, 5.74) is 3.05. The first-order valence-corrected chi connectivity index (χ1v) is 9.16. The molecule has 4 heteroatoms. The van der Waals surface area contributed by atoms with E-state index in [0.717, 1.165) is 27.5 Å². The average Bonchev–Trinajstić information content (AvgIpc) is 3.20. The fourth-order valence-electron chi connectivity index (χ4n) is 2.48. The highest BCUT2D eigenvalue weighted by Gasteiger charge is 2.06. The van der Waals surface area contributed by atoms with Gasteiger partial charge in [-0.3, -0.25) is 4.79 Å². The third kappa shape index (κ3) is 4.61. The van der Waals surface area contributed by atoms with Crippen molar-refractivity contribution >= 4 is 23.2 Å². The molecular weight excluding hydrogens is 344 g/mol. The Labute approximate surface area is 157 Å². The summed E-state index contributed by atoms with van der Waals surface area (Å²) in [4.78, 5) is 12.8. The number of allylic oxidation sites excluding steroid dienone is 1. The van der Waals surface area contributed by atoms with E-state index < -0.39 is 0 Å². The van der Waals surface area contributed by atoms with Crippen LogP contribution in [0.25, 0.3) is 6.08 Å². The Hall–Kier alpha value is -2.85. The summed E-state index contributed by atoms with van der Waals surface area (Å²) in [5, 5.41) is 1.90. The molecule has 2 aromatic carbocycles. The van der Waals surface area contributed by atoms with Crippen LogP contribution in [0.5, 0.6) is 11.5 Å².